The number of thiazole rings is 1. The van der Waals surface area contributed by atoms with E-state index >= 15 is 0 Å². The number of hydrogen-bond donors (Lipinski definition) is 2. The Morgan fingerprint density at radius 1 is 1.13 bits per heavy atom. The Kier molecular flexibility index (Phi) is 7.43. The molecule has 9 heteroatoms. The summed E-state index contributed by atoms with van der Waals surface area (Å²) in [5.74, 6) is -0.268. The first-order valence-corrected chi connectivity index (χ1v) is 12.3. The van der Waals surface area contributed by atoms with Gasteiger partial charge in [0, 0.05) is 34.3 Å². The Morgan fingerprint density at radius 3 is 2.43 bits per heavy atom. The van der Waals surface area contributed by atoms with Gasteiger partial charge in [-0.05, 0) is 55.0 Å². The number of carbonyl (C=O) groups excluding carboxylic acids is 1. The zero-order chi connectivity index (χ0) is 21.6. The summed E-state index contributed by atoms with van der Waals surface area (Å²) in [5, 5.41) is 4.82. The number of sulfonamides is 1. The van der Waals surface area contributed by atoms with E-state index in [1.54, 1.807) is 48.2 Å². The van der Waals surface area contributed by atoms with Gasteiger partial charge in [0.2, 0.25) is 15.9 Å². The summed E-state index contributed by atoms with van der Waals surface area (Å²) in [6, 6.07) is 13.9. The van der Waals surface area contributed by atoms with E-state index in [-0.39, 0.29) is 10.8 Å². The monoisotopic (exact) mass is 459 g/mol. The third-order valence-corrected chi connectivity index (χ3v) is 7.50. The van der Waals surface area contributed by atoms with Gasteiger partial charge < -0.3 is 5.32 Å². The maximum atomic E-state index is 12.2. The second-order valence-electron chi connectivity index (χ2n) is 6.27. The summed E-state index contributed by atoms with van der Waals surface area (Å²) in [7, 11) is -3.48. The summed E-state index contributed by atoms with van der Waals surface area (Å²) >= 11 is 3.19. The average molecular weight is 460 g/mol. The fourth-order valence-electron chi connectivity index (χ4n) is 2.47. The molecule has 0 saturated heterocycles. The number of rotatable bonds is 8. The second kappa shape index (κ2) is 10.0. The van der Waals surface area contributed by atoms with Crippen molar-refractivity contribution in [1.82, 2.24) is 9.71 Å². The molecule has 0 radical (unpaired) electrons. The van der Waals surface area contributed by atoms with Crippen LogP contribution in [0, 0.1) is 6.92 Å². The molecule has 0 aliphatic carbocycles. The molecule has 30 heavy (non-hydrogen) atoms. The number of hydrogen-bond acceptors (Lipinski definition) is 6. The van der Waals surface area contributed by atoms with Crippen molar-refractivity contribution in [2.75, 3.05) is 11.9 Å². The van der Waals surface area contributed by atoms with Gasteiger partial charge in [-0.25, -0.2) is 18.1 Å². The molecule has 0 saturated carbocycles. The minimum atomic E-state index is -3.48. The van der Waals surface area contributed by atoms with Crippen molar-refractivity contribution in [3.8, 4) is 0 Å². The van der Waals surface area contributed by atoms with Crippen LogP contribution in [0.2, 0.25) is 0 Å². The van der Waals surface area contributed by atoms with Crippen molar-refractivity contribution >= 4 is 50.8 Å². The first kappa shape index (κ1) is 22.2. The van der Waals surface area contributed by atoms with E-state index in [4.69, 9.17) is 0 Å². The zero-order valence-corrected chi connectivity index (χ0v) is 18.9. The molecule has 0 unspecified atom stereocenters. The van der Waals surface area contributed by atoms with Crippen LogP contribution in [0.5, 0.6) is 0 Å². The van der Waals surface area contributed by atoms with Gasteiger partial charge in [-0.1, -0.05) is 30.8 Å². The molecule has 2 aromatic carbocycles. The van der Waals surface area contributed by atoms with Crippen molar-refractivity contribution in [3.63, 3.8) is 0 Å². The standard InChI is InChI=1S/C21H21N3O3S3/c1-3-22-30(26,27)19-11-4-16(5-12-19)6-13-20(25)24-17-7-9-18(10-8-17)29-21-23-15(2)14-28-21/h4-14,22H,3H2,1-2H3,(H,24,25). The second-order valence-corrected chi connectivity index (χ2v) is 10.2. The number of benzene rings is 2. The highest BCUT2D eigenvalue weighted by atomic mass is 32.2. The third kappa shape index (κ3) is 6.27. The highest BCUT2D eigenvalue weighted by Crippen LogP contribution is 2.30. The summed E-state index contributed by atoms with van der Waals surface area (Å²) in [5.41, 5.74) is 2.43. The molecule has 1 heterocycles. The average Bonchev–Trinajstić information content (AvgIpc) is 3.13. The fraction of sp³-hybridized carbons (Fsp3) is 0.143. The van der Waals surface area contributed by atoms with Crippen LogP contribution in [0.3, 0.4) is 0 Å². The molecule has 0 fully saturated rings. The Bertz CT molecular complexity index is 1140. The smallest absolute Gasteiger partial charge is 0.248 e. The predicted octanol–water partition coefficient (Wildman–Crippen LogP) is 4.55. The highest BCUT2D eigenvalue weighted by Gasteiger charge is 2.11. The third-order valence-electron chi connectivity index (χ3n) is 3.88. The normalized spacial score (nSPS) is 11.7. The number of nitrogens with one attached hydrogen (secondary N) is 2. The molecule has 0 aliphatic heterocycles. The maximum absolute atomic E-state index is 12.2. The van der Waals surface area contributed by atoms with Crippen molar-refractivity contribution in [3.05, 3.63) is 71.2 Å². The lowest BCUT2D eigenvalue weighted by molar-refractivity contribution is -0.111. The topological polar surface area (TPSA) is 88.2 Å². The van der Waals surface area contributed by atoms with Gasteiger partial charge in [0.05, 0.1) is 4.90 Å². The van der Waals surface area contributed by atoms with E-state index in [1.165, 1.54) is 18.2 Å². The van der Waals surface area contributed by atoms with E-state index in [9.17, 15) is 13.2 Å². The van der Waals surface area contributed by atoms with Crippen LogP contribution in [-0.2, 0) is 14.8 Å². The van der Waals surface area contributed by atoms with Crippen LogP contribution in [0.1, 0.15) is 18.2 Å². The van der Waals surface area contributed by atoms with Crippen LogP contribution >= 0.6 is 23.1 Å². The van der Waals surface area contributed by atoms with Crippen LogP contribution < -0.4 is 10.0 Å². The van der Waals surface area contributed by atoms with Crippen LogP contribution in [0.25, 0.3) is 6.08 Å². The Hall–Kier alpha value is -2.46. The number of nitrogens with zero attached hydrogens (tertiary/aromatic N) is 1. The molecule has 0 spiro atoms. The maximum Gasteiger partial charge on any atom is 0.248 e. The molecule has 6 nitrogen and oxygen atoms in total. The largest absolute Gasteiger partial charge is 0.323 e. The lowest BCUT2D eigenvalue weighted by Crippen LogP contribution is -2.22. The van der Waals surface area contributed by atoms with Gasteiger partial charge in [-0.3, -0.25) is 4.79 Å². The van der Waals surface area contributed by atoms with Crippen molar-refractivity contribution in [2.45, 2.75) is 28.0 Å². The SMILES string of the molecule is CCNS(=O)(=O)c1ccc(C=CC(=O)Nc2ccc(Sc3nc(C)cs3)cc2)cc1. The van der Waals surface area contributed by atoms with E-state index < -0.39 is 10.0 Å². The first-order chi connectivity index (χ1) is 14.4. The van der Waals surface area contributed by atoms with Gasteiger partial charge in [0.1, 0.15) is 0 Å². The van der Waals surface area contributed by atoms with Gasteiger partial charge >= 0.3 is 0 Å². The van der Waals surface area contributed by atoms with E-state index in [2.05, 4.69) is 15.0 Å². The quantitative estimate of drug-likeness (QED) is 0.483. The number of aryl methyl sites for hydroxylation is 1. The molecule has 1 aromatic heterocycles. The number of carbonyl (C=O) groups is 1. The van der Waals surface area contributed by atoms with Crippen molar-refractivity contribution in [1.29, 1.82) is 0 Å². The summed E-state index contributed by atoms with van der Waals surface area (Å²) in [6.07, 6.45) is 3.04. The van der Waals surface area contributed by atoms with Gasteiger partial charge in [-0.2, -0.15) is 0 Å². The molecule has 0 bridgehead atoms. The van der Waals surface area contributed by atoms with E-state index in [0.717, 1.165) is 20.5 Å². The highest BCUT2D eigenvalue weighted by molar-refractivity contribution is 8.01. The molecular weight excluding hydrogens is 438 g/mol. The predicted molar refractivity (Wildman–Crippen MR) is 122 cm³/mol. The minimum absolute atomic E-state index is 0.192. The lowest BCUT2D eigenvalue weighted by Gasteiger charge is -2.05. The van der Waals surface area contributed by atoms with Gasteiger partial charge in [-0.15, -0.1) is 11.3 Å². The molecule has 156 valence electrons. The Balaban J connectivity index is 1.56. The number of anilines is 1. The first-order valence-electron chi connectivity index (χ1n) is 9.14. The Morgan fingerprint density at radius 2 is 1.83 bits per heavy atom. The molecular formula is C21H21N3O3S3. The van der Waals surface area contributed by atoms with Gasteiger partial charge in [0.25, 0.3) is 0 Å². The molecule has 2 N–H and O–H groups in total. The number of aromatic nitrogens is 1. The molecule has 0 atom stereocenters. The molecule has 3 aromatic rings. The van der Waals surface area contributed by atoms with Crippen LogP contribution in [0.4, 0.5) is 5.69 Å². The van der Waals surface area contributed by atoms with E-state index in [1.807, 2.05) is 36.6 Å². The summed E-state index contributed by atoms with van der Waals surface area (Å²) < 4.78 is 27.3. The van der Waals surface area contributed by atoms with Crippen LogP contribution in [-0.4, -0.2) is 25.9 Å². The van der Waals surface area contributed by atoms with Crippen molar-refractivity contribution < 1.29 is 13.2 Å². The number of amides is 1. The molecule has 1 amide bonds. The van der Waals surface area contributed by atoms with Crippen molar-refractivity contribution in [2.24, 2.45) is 0 Å². The zero-order valence-electron chi connectivity index (χ0n) is 16.5. The lowest BCUT2D eigenvalue weighted by atomic mass is 10.2. The minimum Gasteiger partial charge on any atom is -0.323 e. The summed E-state index contributed by atoms with van der Waals surface area (Å²) in [6.45, 7) is 4.02. The van der Waals surface area contributed by atoms with Crippen LogP contribution in [0.15, 0.2) is 74.1 Å². The van der Waals surface area contributed by atoms with Gasteiger partial charge in [0.15, 0.2) is 4.34 Å². The summed E-state index contributed by atoms with van der Waals surface area (Å²) in [4.78, 5) is 17.8. The molecule has 3 rings (SSSR count). The van der Waals surface area contributed by atoms with E-state index in [0.29, 0.717) is 12.2 Å². The Labute approximate surface area is 184 Å². The molecule has 0 aliphatic rings. The fourth-order valence-corrected chi connectivity index (χ4v) is 5.32.